The number of esters is 1. The first-order valence-corrected chi connectivity index (χ1v) is 8.22. The van der Waals surface area contributed by atoms with E-state index in [9.17, 15) is 13.2 Å². The number of carbonyl (C=O) groups is 1. The van der Waals surface area contributed by atoms with Gasteiger partial charge >= 0.3 is 5.97 Å². The molecule has 21 heavy (non-hydrogen) atoms. The molecule has 1 saturated heterocycles. The minimum atomic E-state index is -3.86. The molecule has 0 bridgehead atoms. The van der Waals surface area contributed by atoms with Crippen LogP contribution in [0.4, 0.5) is 0 Å². The van der Waals surface area contributed by atoms with E-state index in [1.165, 1.54) is 12.1 Å². The van der Waals surface area contributed by atoms with Gasteiger partial charge < -0.3 is 9.47 Å². The number of hydrogen-bond donors (Lipinski definition) is 1. The first kappa shape index (κ1) is 15.9. The van der Waals surface area contributed by atoms with Crippen LogP contribution in [-0.4, -0.2) is 34.2 Å². The molecule has 0 radical (unpaired) electrons. The van der Waals surface area contributed by atoms with Crippen molar-refractivity contribution in [2.24, 2.45) is 11.1 Å². The molecule has 6 nitrogen and oxygen atoms in total. The summed E-state index contributed by atoms with van der Waals surface area (Å²) in [5, 5.41) is 5.12. The molecule has 0 aliphatic carbocycles. The fraction of sp³-hybridized carbons (Fsp3) is 0.500. The van der Waals surface area contributed by atoms with Crippen molar-refractivity contribution >= 4 is 16.0 Å². The van der Waals surface area contributed by atoms with Crippen LogP contribution in [0.15, 0.2) is 17.0 Å². The van der Waals surface area contributed by atoms with Gasteiger partial charge in [0.05, 0.1) is 23.7 Å². The van der Waals surface area contributed by atoms with Crippen LogP contribution in [0.1, 0.15) is 27.9 Å². The highest BCUT2D eigenvalue weighted by Gasteiger charge is 2.21. The van der Waals surface area contributed by atoms with Crippen LogP contribution in [-0.2, 0) is 19.5 Å². The average Bonchev–Trinajstić information content (AvgIpc) is 2.91. The number of benzene rings is 1. The van der Waals surface area contributed by atoms with E-state index >= 15 is 0 Å². The second-order valence-corrected chi connectivity index (χ2v) is 6.85. The van der Waals surface area contributed by atoms with E-state index in [0.717, 1.165) is 6.42 Å². The van der Waals surface area contributed by atoms with E-state index in [-0.39, 0.29) is 23.0 Å². The normalized spacial score (nSPS) is 18.7. The van der Waals surface area contributed by atoms with Gasteiger partial charge in [0, 0.05) is 12.5 Å². The fourth-order valence-electron chi connectivity index (χ4n) is 2.19. The molecular formula is C14H19NO5S. The molecule has 1 heterocycles. The first-order valence-electron chi connectivity index (χ1n) is 6.68. The number of sulfonamides is 1. The van der Waals surface area contributed by atoms with Crippen molar-refractivity contribution in [3.05, 3.63) is 28.8 Å². The minimum Gasteiger partial charge on any atom is -0.462 e. The smallest absolute Gasteiger partial charge is 0.338 e. The lowest BCUT2D eigenvalue weighted by molar-refractivity contribution is 0.0427. The predicted molar refractivity (Wildman–Crippen MR) is 76.5 cm³/mol. The van der Waals surface area contributed by atoms with Crippen molar-refractivity contribution in [1.29, 1.82) is 0 Å². The summed E-state index contributed by atoms with van der Waals surface area (Å²) < 4.78 is 33.4. The van der Waals surface area contributed by atoms with Gasteiger partial charge in [-0.1, -0.05) is 0 Å². The van der Waals surface area contributed by atoms with Crippen molar-refractivity contribution in [3.8, 4) is 0 Å². The summed E-state index contributed by atoms with van der Waals surface area (Å²) in [6.45, 7) is 5.02. The summed E-state index contributed by atoms with van der Waals surface area (Å²) in [5.41, 5.74) is 1.60. The molecule has 0 saturated carbocycles. The molecule has 1 aromatic carbocycles. The highest BCUT2D eigenvalue weighted by atomic mass is 32.2. The van der Waals surface area contributed by atoms with E-state index < -0.39 is 16.0 Å². The lowest BCUT2D eigenvalue weighted by Crippen LogP contribution is -2.18. The summed E-state index contributed by atoms with van der Waals surface area (Å²) in [5.74, 6) is -0.329. The minimum absolute atomic E-state index is 0.0817. The van der Waals surface area contributed by atoms with Crippen LogP contribution in [0.2, 0.25) is 0 Å². The Morgan fingerprint density at radius 2 is 2.14 bits per heavy atom. The van der Waals surface area contributed by atoms with Crippen LogP contribution in [0, 0.1) is 19.8 Å². The standard InChI is InChI=1S/C14H19NO5S/c1-9-5-12(21(15,17)18)6-13(10(9)2)14(16)20-8-11-3-4-19-7-11/h5-6,11H,3-4,7-8H2,1-2H3,(H2,15,17,18). The molecule has 1 aromatic rings. The maximum Gasteiger partial charge on any atom is 0.338 e. The maximum absolute atomic E-state index is 12.2. The number of hydrogen-bond acceptors (Lipinski definition) is 5. The molecule has 7 heteroatoms. The summed E-state index contributed by atoms with van der Waals surface area (Å²) in [6, 6.07) is 2.72. The molecule has 1 aliphatic heterocycles. The van der Waals surface area contributed by atoms with Gasteiger partial charge in [0.1, 0.15) is 0 Å². The van der Waals surface area contributed by atoms with E-state index in [0.29, 0.717) is 24.3 Å². The molecule has 1 atom stereocenters. The van der Waals surface area contributed by atoms with Crippen LogP contribution < -0.4 is 5.14 Å². The zero-order valence-corrected chi connectivity index (χ0v) is 12.9. The van der Waals surface area contributed by atoms with E-state index in [4.69, 9.17) is 14.6 Å². The molecule has 1 unspecified atom stereocenters. The number of carbonyl (C=O) groups excluding carboxylic acids is 1. The fourth-order valence-corrected chi connectivity index (χ4v) is 2.81. The van der Waals surface area contributed by atoms with Gasteiger partial charge in [-0.05, 0) is 43.5 Å². The number of ether oxygens (including phenoxy) is 2. The third-order valence-corrected chi connectivity index (χ3v) is 4.56. The number of nitrogens with two attached hydrogens (primary N) is 1. The first-order chi connectivity index (χ1) is 9.79. The molecule has 1 aliphatic rings. The Balaban J connectivity index is 2.21. The van der Waals surface area contributed by atoms with E-state index in [1.807, 2.05) is 0 Å². The van der Waals surface area contributed by atoms with Gasteiger partial charge in [0.15, 0.2) is 0 Å². The van der Waals surface area contributed by atoms with Crippen molar-refractivity contribution in [2.75, 3.05) is 19.8 Å². The van der Waals surface area contributed by atoms with Gasteiger partial charge in [0.25, 0.3) is 0 Å². The van der Waals surface area contributed by atoms with Gasteiger partial charge in [-0.3, -0.25) is 0 Å². The molecular weight excluding hydrogens is 294 g/mol. The monoisotopic (exact) mass is 313 g/mol. The Morgan fingerprint density at radius 1 is 1.43 bits per heavy atom. The average molecular weight is 313 g/mol. The third-order valence-electron chi connectivity index (χ3n) is 3.66. The highest BCUT2D eigenvalue weighted by Crippen LogP contribution is 2.21. The predicted octanol–water partition coefficient (Wildman–Crippen LogP) is 1.14. The Kier molecular flexibility index (Phi) is 4.65. The Hall–Kier alpha value is -1.44. The number of rotatable bonds is 4. The van der Waals surface area contributed by atoms with Crippen molar-refractivity contribution in [1.82, 2.24) is 0 Å². The second-order valence-electron chi connectivity index (χ2n) is 5.29. The zero-order valence-electron chi connectivity index (χ0n) is 12.1. The van der Waals surface area contributed by atoms with Gasteiger partial charge in [-0.15, -0.1) is 0 Å². The van der Waals surface area contributed by atoms with Crippen molar-refractivity contribution in [2.45, 2.75) is 25.2 Å². The molecule has 0 spiro atoms. The number of primary sulfonamides is 1. The molecule has 2 N–H and O–H groups in total. The third kappa shape index (κ3) is 3.81. The SMILES string of the molecule is Cc1cc(S(N)(=O)=O)cc(C(=O)OCC2CCOC2)c1C. The summed E-state index contributed by atoms with van der Waals surface area (Å²) in [7, 11) is -3.86. The Labute approximate surface area is 124 Å². The van der Waals surface area contributed by atoms with Gasteiger partial charge in [-0.25, -0.2) is 18.4 Å². The van der Waals surface area contributed by atoms with Gasteiger partial charge in [-0.2, -0.15) is 0 Å². The Bertz CT molecular complexity index is 648. The lowest BCUT2D eigenvalue weighted by Gasteiger charge is -2.13. The number of aryl methyl sites for hydroxylation is 1. The highest BCUT2D eigenvalue weighted by molar-refractivity contribution is 7.89. The summed E-state index contributed by atoms with van der Waals surface area (Å²) in [6.07, 6.45) is 0.864. The molecule has 0 aromatic heterocycles. The Morgan fingerprint density at radius 3 is 2.71 bits per heavy atom. The van der Waals surface area contributed by atoms with Crippen LogP contribution >= 0.6 is 0 Å². The molecule has 2 rings (SSSR count). The van der Waals surface area contributed by atoms with E-state index in [1.54, 1.807) is 13.8 Å². The maximum atomic E-state index is 12.2. The second kappa shape index (κ2) is 6.13. The zero-order chi connectivity index (χ0) is 15.6. The van der Waals surface area contributed by atoms with E-state index in [2.05, 4.69) is 0 Å². The lowest BCUT2D eigenvalue weighted by atomic mass is 10.0. The topological polar surface area (TPSA) is 95.7 Å². The molecule has 1 fully saturated rings. The quantitative estimate of drug-likeness (QED) is 0.841. The van der Waals surface area contributed by atoms with Crippen LogP contribution in [0.3, 0.4) is 0 Å². The van der Waals surface area contributed by atoms with Crippen molar-refractivity contribution in [3.63, 3.8) is 0 Å². The van der Waals surface area contributed by atoms with Crippen molar-refractivity contribution < 1.29 is 22.7 Å². The summed E-state index contributed by atoms with van der Waals surface area (Å²) >= 11 is 0. The molecule has 0 amide bonds. The molecule has 116 valence electrons. The summed E-state index contributed by atoms with van der Waals surface area (Å²) in [4.78, 5) is 12.1. The van der Waals surface area contributed by atoms with Crippen LogP contribution in [0.25, 0.3) is 0 Å². The van der Waals surface area contributed by atoms with Gasteiger partial charge in [0.2, 0.25) is 10.0 Å². The largest absolute Gasteiger partial charge is 0.462 e. The van der Waals surface area contributed by atoms with Crippen LogP contribution in [0.5, 0.6) is 0 Å².